The third-order valence-electron chi connectivity index (χ3n) is 7.52. The van der Waals surface area contributed by atoms with Gasteiger partial charge in [-0.25, -0.2) is 8.42 Å². The number of benzene rings is 2. The molecule has 184 valence electrons. The van der Waals surface area contributed by atoms with Gasteiger partial charge in [0.1, 0.15) is 5.75 Å². The van der Waals surface area contributed by atoms with Crippen molar-refractivity contribution in [1.82, 2.24) is 14.8 Å². The molecule has 1 aromatic heterocycles. The third kappa shape index (κ3) is 4.85. The number of sulfone groups is 1. The van der Waals surface area contributed by atoms with Gasteiger partial charge in [0.15, 0.2) is 9.84 Å². The van der Waals surface area contributed by atoms with Crippen molar-refractivity contribution in [2.45, 2.75) is 37.5 Å². The number of rotatable bonds is 5. The lowest BCUT2D eigenvalue weighted by molar-refractivity contribution is -0.132. The number of aromatic amines is 1. The van der Waals surface area contributed by atoms with E-state index in [9.17, 15) is 18.0 Å². The Bertz CT molecular complexity index is 1360. The summed E-state index contributed by atoms with van der Waals surface area (Å²) in [5.41, 5.74) is 2.83. The van der Waals surface area contributed by atoms with Crippen LogP contribution < -0.4 is 0 Å². The fourth-order valence-corrected chi connectivity index (χ4v) is 6.76. The van der Waals surface area contributed by atoms with Gasteiger partial charge in [-0.1, -0.05) is 35.9 Å². The second-order valence-corrected chi connectivity index (χ2v) is 12.1. The summed E-state index contributed by atoms with van der Waals surface area (Å²) in [6.45, 7) is 4.25. The van der Waals surface area contributed by atoms with Crippen LogP contribution in [0.2, 0.25) is 0 Å². The molecule has 2 aliphatic heterocycles. The predicted octanol–water partition coefficient (Wildman–Crippen LogP) is 3.33. The highest BCUT2D eigenvalue weighted by Gasteiger charge is 2.44. The Labute approximate surface area is 206 Å². The van der Waals surface area contributed by atoms with E-state index >= 15 is 0 Å². The third-order valence-corrected chi connectivity index (χ3v) is 9.13. The van der Waals surface area contributed by atoms with Crippen molar-refractivity contribution in [3.05, 3.63) is 65.9 Å². The first-order valence-electron chi connectivity index (χ1n) is 12.1. The smallest absolute Gasteiger partial charge is 0.238 e. The fourth-order valence-electron chi connectivity index (χ4n) is 5.54. The van der Waals surface area contributed by atoms with Gasteiger partial charge in [0.2, 0.25) is 11.8 Å². The minimum absolute atomic E-state index is 0.0945. The number of hydrogen-bond acceptors (Lipinski definition) is 4. The lowest BCUT2D eigenvalue weighted by Crippen LogP contribution is -2.49. The van der Waals surface area contributed by atoms with E-state index in [1.54, 1.807) is 29.2 Å². The van der Waals surface area contributed by atoms with Gasteiger partial charge < -0.3 is 14.8 Å². The molecule has 0 radical (unpaired) electrons. The lowest BCUT2D eigenvalue weighted by Gasteiger charge is -2.40. The minimum atomic E-state index is -3.69. The second kappa shape index (κ2) is 9.15. The van der Waals surface area contributed by atoms with Crippen molar-refractivity contribution >= 4 is 32.6 Å². The van der Waals surface area contributed by atoms with Gasteiger partial charge in [0, 0.05) is 48.7 Å². The largest absolute Gasteiger partial charge is 0.361 e. The van der Waals surface area contributed by atoms with Gasteiger partial charge >= 0.3 is 0 Å². The number of likely N-dealkylation sites (tertiary alicyclic amines) is 2. The summed E-state index contributed by atoms with van der Waals surface area (Å²) < 4.78 is 25.6. The number of carbonyl (C=O) groups excluding carboxylic acids is 2. The van der Waals surface area contributed by atoms with Crippen molar-refractivity contribution in [3.63, 3.8) is 0 Å². The molecule has 0 saturated carbocycles. The summed E-state index contributed by atoms with van der Waals surface area (Å²) in [6.07, 6.45) is 4.85. The maximum Gasteiger partial charge on any atom is 0.238 e. The first-order valence-corrected chi connectivity index (χ1v) is 13.8. The van der Waals surface area contributed by atoms with Gasteiger partial charge in [0.25, 0.3) is 0 Å². The summed E-state index contributed by atoms with van der Waals surface area (Å²) in [7, 11) is -3.69. The SMILES string of the molecule is Cc1ccc(S(=O)(=O)CC(=O)N2CCCC3(CCN(C(=O)Cc4c[nH]c5ccccc45)C3)C2)cc1. The number of fused-ring (bicyclic) bond motifs is 1. The van der Waals surface area contributed by atoms with E-state index in [0.717, 1.165) is 41.3 Å². The molecule has 8 heteroatoms. The highest BCUT2D eigenvalue weighted by atomic mass is 32.2. The van der Waals surface area contributed by atoms with Gasteiger partial charge in [-0.2, -0.15) is 0 Å². The number of nitrogens with zero attached hydrogens (tertiary/aromatic N) is 2. The fraction of sp³-hybridized carbons (Fsp3) is 0.407. The zero-order chi connectivity index (χ0) is 24.6. The summed E-state index contributed by atoms with van der Waals surface area (Å²) in [5.74, 6) is -0.778. The number of piperidine rings is 1. The number of aromatic nitrogens is 1. The molecule has 1 atom stereocenters. The van der Waals surface area contributed by atoms with Crippen LogP contribution in [-0.4, -0.2) is 66.9 Å². The number of H-pyrrole nitrogens is 1. The highest BCUT2D eigenvalue weighted by Crippen LogP contribution is 2.39. The Morgan fingerprint density at radius 2 is 1.66 bits per heavy atom. The molecule has 2 fully saturated rings. The van der Waals surface area contributed by atoms with Crippen LogP contribution in [0.25, 0.3) is 10.9 Å². The summed E-state index contributed by atoms with van der Waals surface area (Å²) in [6, 6.07) is 14.6. The first kappa shape index (κ1) is 23.6. The average Bonchev–Trinajstić information content (AvgIpc) is 3.44. The van der Waals surface area contributed by atoms with E-state index in [-0.39, 0.29) is 22.1 Å². The van der Waals surface area contributed by atoms with Crippen LogP contribution in [0.15, 0.2) is 59.6 Å². The molecule has 3 aromatic rings. The van der Waals surface area contributed by atoms with Crippen molar-refractivity contribution in [1.29, 1.82) is 0 Å². The zero-order valence-corrected chi connectivity index (χ0v) is 20.8. The molecule has 2 aromatic carbocycles. The lowest BCUT2D eigenvalue weighted by atomic mass is 9.79. The standard InChI is InChI=1S/C27H31N3O4S/c1-20-7-9-22(10-8-20)35(33,34)17-26(32)29-13-4-11-27(18-29)12-14-30(19-27)25(31)15-21-16-28-24-6-3-2-5-23(21)24/h2-3,5-10,16,28H,4,11-15,17-19H2,1H3. The number of hydrogen-bond donors (Lipinski definition) is 1. The monoisotopic (exact) mass is 493 g/mol. The Kier molecular flexibility index (Phi) is 6.17. The summed E-state index contributed by atoms with van der Waals surface area (Å²) in [5, 5.41) is 1.07. The van der Waals surface area contributed by atoms with Crippen LogP contribution in [-0.2, 0) is 25.8 Å². The Hall–Kier alpha value is -3.13. The van der Waals surface area contributed by atoms with E-state index in [0.29, 0.717) is 32.6 Å². The van der Waals surface area contributed by atoms with E-state index in [4.69, 9.17) is 0 Å². The number of aryl methyl sites for hydroxylation is 1. The second-order valence-electron chi connectivity index (χ2n) is 10.1. The molecule has 1 unspecified atom stereocenters. The molecule has 2 aliphatic rings. The van der Waals surface area contributed by atoms with Gasteiger partial charge in [-0.05, 0) is 49.9 Å². The van der Waals surface area contributed by atoms with Crippen molar-refractivity contribution in [2.24, 2.45) is 5.41 Å². The average molecular weight is 494 g/mol. The van der Waals surface area contributed by atoms with Crippen molar-refractivity contribution < 1.29 is 18.0 Å². The minimum Gasteiger partial charge on any atom is -0.361 e. The molecular weight excluding hydrogens is 462 g/mol. The zero-order valence-electron chi connectivity index (χ0n) is 20.0. The molecule has 7 nitrogen and oxygen atoms in total. The Balaban J connectivity index is 1.22. The first-order chi connectivity index (χ1) is 16.7. The molecule has 3 heterocycles. The Morgan fingerprint density at radius 3 is 2.43 bits per heavy atom. The number of amides is 2. The van der Waals surface area contributed by atoms with Gasteiger partial charge in [-0.15, -0.1) is 0 Å². The molecule has 1 spiro atoms. The van der Waals surface area contributed by atoms with E-state index in [1.807, 2.05) is 42.3 Å². The van der Waals surface area contributed by atoms with Crippen LogP contribution in [0, 0.1) is 12.3 Å². The van der Waals surface area contributed by atoms with Crippen LogP contribution in [0.1, 0.15) is 30.4 Å². The van der Waals surface area contributed by atoms with Crippen LogP contribution in [0.4, 0.5) is 0 Å². The van der Waals surface area contributed by atoms with Crippen LogP contribution in [0.5, 0.6) is 0 Å². The molecule has 35 heavy (non-hydrogen) atoms. The Morgan fingerprint density at radius 1 is 0.943 bits per heavy atom. The summed E-state index contributed by atoms with van der Waals surface area (Å²) >= 11 is 0. The van der Waals surface area contributed by atoms with E-state index in [1.165, 1.54) is 0 Å². The topological polar surface area (TPSA) is 90.6 Å². The number of nitrogens with one attached hydrogen (secondary N) is 1. The molecule has 5 rings (SSSR count). The normalized spacial score (nSPS) is 20.6. The maximum absolute atomic E-state index is 13.1. The molecular formula is C27H31N3O4S. The molecule has 1 N–H and O–H groups in total. The summed E-state index contributed by atoms with van der Waals surface area (Å²) in [4.78, 5) is 33.1. The molecule has 0 aliphatic carbocycles. The maximum atomic E-state index is 13.1. The number of carbonyl (C=O) groups is 2. The molecule has 2 saturated heterocycles. The quantitative estimate of drug-likeness (QED) is 0.590. The van der Waals surface area contributed by atoms with E-state index in [2.05, 4.69) is 4.98 Å². The van der Waals surface area contributed by atoms with Gasteiger partial charge in [0.05, 0.1) is 11.3 Å². The van der Waals surface area contributed by atoms with Crippen molar-refractivity contribution in [2.75, 3.05) is 31.9 Å². The highest BCUT2D eigenvalue weighted by molar-refractivity contribution is 7.92. The van der Waals surface area contributed by atoms with Crippen LogP contribution >= 0.6 is 0 Å². The van der Waals surface area contributed by atoms with Gasteiger partial charge in [-0.3, -0.25) is 9.59 Å². The predicted molar refractivity (Wildman–Crippen MR) is 135 cm³/mol. The molecule has 2 amide bonds. The van der Waals surface area contributed by atoms with E-state index < -0.39 is 15.6 Å². The molecule has 0 bridgehead atoms. The van der Waals surface area contributed by atoms with Crippen LogP contribution in [0.3, 0.4) is 0 Å². The number of para-hydroxylation sites is 1. The van der Waals surface area contributed by atoms with Crippen molar-refractivity contribution in [3.8, 4) is 0 Å².